The van der Waals surface area contributed by atoms with E-state index in [1.165, 1.54) is 6.08 Å². The van der Waals surface area contributed by atoms with Gasteiger partial charge in [-0.1, -0.05) is 36.4 Å². The molecule has 1 amide bonds. The Labute approximate surface area is 187 Å². The van der Waals surface area contributed by atoms with Gasteiger partial charge in [0.1, 0.15) is 0 Å². The van der Waals surface area contributed by atoms with Crippen LogP contribution in [0.15, 0.2) is 66.7 Å². The first-order chi connectivity index (χ1) is 15.5. The van der Waals surface area contributed by atoms with E-state index >= 15 is 0 Å². The van der Waals surface area contributed by atoms with E-state index < -0.39 is 0 Å². The van der Waals surface area contributed by atoms with Crippen LogP contribution in [0.5, 0.6) is 17.2 Å². The van der Waals surface area contributed by atoms with Crippen molar-refractivity contribution in [3.05, 3.63) is 77.9 Å². The number of para-hydroxylation sites is 2. The number of amides is 1. The first-order valence-electron chi connectivity index (χ1n) is 10.0. The Bertz CT molecular complexity index is 1070. The maximum Gasteiger partial charge on any atom is 0.248 e. The van der Waals surface area contributed by atoms with Crippen molar-refractivity contribution in [1.29, 1.82) is 0 Å². The topological polar surface area (TPSA) is 94.8 Å². The number of nitrogens with one attached hydrogen (secondary N) is 2. The number of anilines is 3. The SMILES string of the molecule is COc1cc(NCc2ccc(/C=C/C(=O)Nc3ccccc3N)cc2)cc(OC)c1OC. The third kappa shape index (κ3) is 5.72. The Hall–Kier alpha value is -4.13. The number of hydrogen-bond donors (Lipinski definition) is 3. The molecular formula is C25H27N3O4. The summed E-state index contributed by atoms with van der Waals surface area (Å²) in [5.41, 5.74) is 9.81. The molecule has 32 heavy (non-hydrogen) atoms. The maximum atomic E-state index is 12.1. The van der Waals surface area contributed by atoms with Crippen molar-refractivity contribution in [2.75, 3.05) is 37.7 Å². The molecule has 7 heteroatoms. The molecule has 0 fully saturated rings. The van der Waals surface area contributed by atoms with Crippen molar-refractivity contribution in [1.82, 2.24) is 0 Å². The van der Waals surface area contributed by atoms with E-state index in [-0.39, 0.29) is 5.91 Å². The quantitative estimate of drug-likeness (QED) is 0.338. The minimum atomic E-state index is -0.240. The van der Waals surface area contributed by atoms with Gasteiger partial charge in [-0.15, -0.1) is 0 Å². The van der Waals surface area contributed by atoms with E-state index in [1.807, 2.05) is 48.5 Å². The molecule has 0 radical (unpaired) electrons. The van der Waals surface area contributed by atoms with Crippen molar-refractivity contribution < 1.29 is 19.0 Å². The summed E-state index contributed by atoms with van der Waals surface area (Å²) in [6.07, 6.45) is 3.24. The van der Waals surface area contributed by atoms with Crippen molar-refractivity contribution in [2.45, 2.75) is 6.54 Å². The van der Waals surface area contributed by atoms with Crippen molar-refractivity contribution in [2.24, 2.45) is 0 Å². The number of rotatable bonds is 9. The zero-order chi connectivity index (χ0) is 22.9. The molecule has 3 aromatic rings. The number of ether oxygens (including phenoxy) is 3. The molecule has 3 rings (SSSR count). The van der Waals surface area contributed by atoms with E-state index in [0.29, 0.717) is 35.2 Å². The van der Waals surface area contributed by atoms with Gasteiger partial charge in [0.25, 0.3) is 0 Å². The molecule has 0 saturated carbocycles. The van der Waals surface area contributed by atoms with E-state index in [1.54, 1.807) is 39.5 Å². The molecule has 166 valence electrons. The summed E-state index contributed by atoms with van der Waals surface area (Å²) in [6, 6.07) is 18.8. The zero-order valence-electron chi connectivity index (χ0n) is 18.3. The van der Waals surface area contributed by atoms with Crippen LogP contribution in [0.1, 0.15) is 11.1 Å². The largest absolute Gasteiger partial charge is 0.493 e. The summed E-state index contributed by atoms with van der Waals surface area (Å²) >= 11 is 0. The second-order valence-corrected chi connectivity index (χ2v) is 6.92. The Kier molecular flexibility index (Phi) is 7.59. The van der Waals surface area contributed by atoms with Gasteiger partial charge in [0.15, 0.2) is 11.5 Å². The third-order valence-corrected chi connectivity index (χ3v) is 4.79. The van der Waals surface area contributed by atoms with Gasteiger partial charge in [0, 0.05) is 30.4 Å². The second kappa shape index (κ2) is 10.8. The number of nitrogens with two attached hydrogens (primary N) is 1. The third-order valence-electron chi connectivity index (χ3n) is 4.79. The molecule has 0 aliphatic heterocycles. The molecule has 0 spiro atoms. The van der Waals surface area contributed by atoms with Gasteiger partial charge in [-0.3, -0.25) is 4.79 Å². The van der Waals surface area contributed by atoms with Crippen LogP contribution in [-0.4, -0.2) is 27.2 Å². The summed E-state index contributed by atoms with van der Waals surface area (Å²) in [7, 11) is 4.75. The normalized spacial score (nSPS) is 10.6. The highest BCUT2D eigenvalue weighted by atomic mass is 16.5. The lowest BCUT2D eigenvalue weighted by atomic mass is 10.1. The molecule has 0 bridgehead atoms. The molecule has 0 heterocycles. The molecule has 0 atom stereocenters. The van der Waals surface area contributed by atoms with Gasteiger partial charge in [-0.2, -0.15) is 0 Å². The van der Waals surface area contributed by atoms with Gasteiger partial charge in [0.2, 0.25) is 11.7 Å². The Morgan fingerprint density at radius 1 is 0.938 bits per heavy atom. The summed E-state index contributed by atoms with van der Waals surface area (Å²) in [5.74, 6) is 1.49. The first kappa shape index (κ1) is 22.6. The monoisotopic (exact) mass is 433 g/mol. The van der Waals surface area contributed by atoms with Gasteiger partial charge in [0.05, 0.1) is 32.7 Å². The number of carbonyl (C=O) groups excluding carboxylic acids is 1. The van der Waals surface area contributed by atoms with E-state index in [0.717, 1.165) is 16.8 Å². The van der Waals surface area contributed by atoms with Crippen LogP contribution in [-0.2, 0) is 11.3 Å². The Balaban J connectivity index is 1.60. The fourth-order valence-corrected chi connectivity index (χ4v) is 3.09. The number of benzene rings is 3. The molecule has 0 saturated heterocycles. The molecule has 7 nitrogen and oxygen atoms in total. The summed E-state index contributed by atoms with van der Waals surface area (Å²) in [5, 5.41) is 6.12. The highest BCUT2D eigenvalue weighted by Crippen LogP contribution is 2.40. The van der Waals surface area contributed by atoms with Gasteiger partial charge < -0.3 is 30.6 Å². The molecule has 0 unspecified atom stereocenters. The van der Waals surface area contributed by atoms with Crippen molar-refractivity contribution in [3.8, 4) is 17.2 Å². The Morgan fingerprint density at radius 2 is 1.59 bits per heavy atom. The van der Waals surface area contributed by atoms with Crippen LogP contribution >= 0.6 is 0 Å². The summed E-state index contributed by atoms with van der Waals surface area (Å²) in [6.45, 7) is 0.608. The van der Waals surface area contributed by atoms with Crippen LogP contribution in [0, 0.1) is 0 Å². The van der Waals surface area contributed by atoms with Crippen molar-refractivity contribution >= 4 is 29.0 Å². The fourth-order valence-electron chi connectivity index (χ4n) is 3.09. The van der Waals surface area contributed by atoms with Crippen LogP contribution < -0.4 is 30.6 Å². The zero-order valence-corrected chi connectivity index (χ0v) is 18.3. The lowest BCUT2D eigenvalue weighted by Crippen LogP contribution is -2.09. The predicted octanol–water partition coefficient (Wildman–Crippen LogP) is 4.56. The van der Waals surface area contributed by atoms with Gasteiger partial charge in [-0.05, 0) is 29.3 Å². The number of nitrogen functional groups attached to an aromatic ring is 1. The van der Waals surface area contributed by atoms with Crippen LogP contribution in [0.3, 0.4) is 0 Å². The minimum Gasteiger partial charge on any atom is -0.493 e. The van der Waals surface area contributed by atoms with Crippen molar-refractivity contribution in [3.63, 3.8) is 0 Å². The van der Waals surface area contributed by atoms with E-state index in [4.69, 9.17) is 19.9 Å². The van der Waals surface area contributed by atoms with E-state index in [9.17, 15) is 4.79 Å². The highest BCUT2D eigenvalue weighted by molar-refractivity contribution is 6.03. The van der Waals surface area contributed by atoms with E-state index in [2.05, 4.69) is 10.6 Å². The van der Waals surface area contributed by atoms with Gasteiger partial charge >= 0.3 is 0 Å². The second-order valence-electron chi connectivity index (χ2n) is 6.92. The first-order valence-corrected chi connectivity index (χ1v) is 10.0. The smallest absolute Gasteiger partial charge is 0.248 e. The number of carbonyl (C=O) groups is 1. The molecule has 0 aliphatic rings. The standard InChI is InChI=1S/C25H27N3O4/c1-30-22-14-19(15-23(31-2)25(22)32-3)27-16-18-10-8-17(9-11-18)12-13-24(29)28-21-7-5-4-6-20(21)26/h4-15,27H,16,26H2,1-3H3,(H,28,29)/b13-12+. The number of hydrogen-bond acceptors (Lipinski definition) is 6. The molecule has 4 N–H and O–H groups in total. The van der Waals surface area contributed by atoms with Crippen LogP contribution in [0.2, 0.25) is 0 Å². The number of methoxy groups -OCH3 is 3. The summed E-state index contributed by atoms with van der Waals surface area (Å²) in [4.78, 5) is 12.1. The average molecular weight is 434 g/mol. The average Bonchev–Trinajstić information content (AvgIpc) is 2.82. The maximum absolute atomic E-state index is 12.1. The minimum absolute atomic E-state index is 0.240. The van der Waals surface area contributed by atoms with Crippen LogP contribution in [0.25, 0.3) is 6.08 Å². The van der Waals surface area contributed by atoms with Gasteiger partial charge in [-0.25, -0.2) is 0 Å². The lowest BCUT2D eigenvalue weighted by Gasteiger charge is -2.15. The predicted molar refractivity (Wildman–Crippen MR) is 128 cm³/mol. The molecule has 0 aromatic heterocycles. The summed E-state index contributed by atoms with van der Waals surface area (Å²) < 4.78 is 16.1. The molecular weight excluding hydrogens is 406 g/mol. The van der Waals surface area contributed by atoms with Crippen LogP contribution in [0.4, 0.5) is 17.1 Å². The molecule has 0 aliphatic carbocycles. The molecule has 3 aromatic carbocycles. The Morgan fingerprint density at radius 3 is 2.19 bits per heavy atom. The highest BCUT2D eigenvalue weighted by Gasteiger charge is 2.13. The fraction of sp³-hybridized carbons (Fsp3) is 0.160. The lowest BCUT2D eigenvalue weighted by molar-refractivity contribution is -0.111.